The molecule has 1 heterocycles. The fraction of sp³-hybridized carbons (Fsp3) is 0.500. The number of likely N-dealkylation sites (N-methyl/N-ethyl adjacent to an activating group) is 1. The molecule has 1 aliphatic rings. The van der Waals surface area contributed by atoms with Crippen LogP contribution in [0, 0.1) is 0 Å². The first-order valence-corrected chi connectivity index (χ1v) is 5.25. The molecule has 1 unspecified atom stereocenters. The van der Waals surface area contributed by atoms with Crippen molar-refractivity contribution in [3.8, 4) is 0 Å². The quantitative estimate of drug-likeness (QED) is 0.728. The summed E-state index contributed by atoms with van der Waals surface area (Å²) in [6, 6.07) is 9.27. The molecular weight excluding hydrogens is 172 g/mol. The number of para-hydroxylation sites is 1. The summed E-state index contributed by atoms with van der Waals surface area (Å²) in [6.45, 7) is 1.06. The van der Waals surface area contributed by atoms with Crippen LogP contribution in [0.2, 0.25) is 0 Å². The Morgan fingerprint density at radius 2 is 2.07 bits per heavy atom. The van der Waals surface area contributed by atoms with Crippen LogP contribution in [0.25, 0.3) is 0 Å². The molecule has 1 aliphatic heterocycles. The molecule has 0 bridgehead atoms. The average Bonchev–Trinajstić information content (AvgIpc) is 2.39. The maximum atomic E-state index is 3.51. The summed E-state index contributed by atoms with van der Waals surface area (Å²) >= 11 is 0. The highest BCUT2D eigenvalue weighted by atomic mass is 15.1. The van der Waals surface area contributed by atoms with Crippen molar-refractivity contribution in [3.05, 3.63) is 29.8 Å². The maximum Gasteiger partial charge on any atom is 0.0373 e. The van der Waals surface area contributed by atoms with E-state index in [4.69, 9.17) is 0 Å². The van der Waals surface area contributed by atoms with Gasteiger partial charge in [0.2, 0.25) is 0 Å². The molecule has 0 amide bonds. The van der Waals surface area contributed by atoms with Crippen LogP contribution in [0.3, 0.4) is 0 Å². The first kappa shape index (κ1) is 9.53. The molecule has 0 spiro atoms. The molecule has 14 heavy (non-hydrogen) atoms. The van der Waals surface area contributed by atoms with Crippen LogP contribution >= 0.6 is 0 Å². The highest BCUT2D eigenvalue weighted by Gasteiger charge is 2.16. The minimum atomic E-state index is 0.655. The van der Waals surface area contributed by atoms with Gasteiger partial charge in [0.15, 0.2) is 0 Å². The molecule has 1 aromatic rings. The molecule has 76 valence electrons. The van der Waals surface area contributed by atoms with Gasteiger partial charge in [0.05, 0.1) is 0 Å². The number of rotatable bonds is 1. The second-order valence-corrected chi connectivity index (χ2v) is 4.19. The van der Waals surface area contributed by atoms with Gasteiger partial charge in [0.1, 0.15) is 0 Å². The third-order valence-corrected chi connectivity index (χ3v) is 3.02. The van der Waals surface area contributed by atoms with Crippen molar-refractivity contribution in [2.75, 3.05) is 26.0 Å². The minimum absolute atomic E-state index is 0.655. The molecule has 0 saturated heterocycles. The lowest BCUT2D eigenvalue weighted by Gasteiger charge is -2.22. The normalized spacial score (nSPS) is 21.2. The first-order valence-electron chi connectivity index (χ1n) is 5.25. The zero-order valence-electron chi connectivity index (χ0n) is 8.96. The van der Waals surface area contributed by atoms with Crippen molar-refractivity contribution in [1.29, 1.82) is 0 Å². The van der Waals surface area contributed by atoms with Crippen molar-refractivity contribution in [3.63, 3.8) is 0 Å². The van der Waals surface area contributed by atoms with Gasteiger partial charge in [-0.25, -0.2) is 0 Å². The zero-order valence-corrected chi connectivity index (χ0v) is 8.96. The lowest BCUT2D eigenvalue weighted by Crippen LogP contribution is -2.33. The fourth-order valence-electron chi connectivity index (χ4n) is 2.00. The summed E-state index contributed by atoms with van der Waals surface area (Å²) in [6.07, 6.45) is 2.43. The van der Waals surface area contributed by atoms with E-state index in [9.17, 15) is 0 Å². The number of nitrogens with zero attached hydrogens (tertiary/aromatic N) is 1. The third-order valence-electron chi connectivity index (χ3n) is 3.02. The topological polar surface area (TPSA) is 15.3 Å². The van der Waals surface area contributed by atoms with Crippen LogP contribution < -0.4 is 5.32 Å². The van der Waals surface area contributed by atoms with Crippen molar-refractivity contribution >= 4 is 5.69 Å². The number of nitrogens with one attached hydrogen (secondary N) is 1. The van der Waals surface area contributed by atoms with Gasteiger partial charge in [-0.05, 0) is 38.6 Å². The molecule has 0 aromatic heterocycles. The molecule has 0 radical (unpaired) electrons. The Morgan fingerprint density at radius 1 is 1.29 bits per heavy atom. The van der Waals surface area contributed by atoms with Crippen molar-refractivity contribution in [2.45, 2.75) is 18.9 Å². The summed E-state index contributed by atoms with van der Waals surface area (Å²) in [5, 5.41) is 3.51. The summed E-state index contributed by atoms with van der Waals surface area (Å²) in [7, 11) is 4.31. The molecule has 0 saturated carbocycles. The standard InChI is InChI=1S/C12H18N2/c1-14(2)11-8-7-10-5-3-4-6-12(10)13-9-11/h3-6,11,13H,7-9H2,1-2H3. The number of hydrogen-bond donors (Lipinski definition) is 1. The second kappa shape index (κ2) is 4.01. The molecule has 2 nitrogen and oxygen atoms in total. The molecule has 2 heteroatoms. The first-order chi connectivity index (χ1) is 6.77. The highest BCUT2D eigenvalue weighted by molar-refractivity contribution is 5.52. The predicted molar refractivity (Wildman–Crippen MR) is 60.7 cm³/mol. The number of benzene rings is 1. The molecule has 0 aliphatic carbocycles. The van der Waals surface area contributed by atoms with Gasteiger partial charge < -0.3 is 10.2 Å². The SMILES string of the molecule is CN(C)C1CCc2ccccc2NC1. The predicted octanol–water partition coefficient (Wildman–Crippen LogP) is 1.97. The average molecular weight is 190 g/mol. The lowest BCUT2D eigenvalue weighted by atomic mass is 10.1. The van der Waals surface area contributed by atoms with Gasteiger partial charge in [-0.15, -0.1) is 0 Å². The van der Waals surface area contributed by atoms with Crippen LogP contribution in [0.5, 0.6) is 0 Å². The highest BCUT2D eigenvalue weighted by Crippen LogP contribution is 2.21. The van der Waals surface area contributed by atoms with Crippen LogP contribution in [0.4, 0.5) is 5.69 Å². The summed E-state index contributed by atoms with van der Waals surface area (Å²) in [5.74, 6) is 0. The number of hydrogen-bond acceptors (Lipinski definition) is 2. The van der Waals surface area contributed by atoms with E-state index < -0.39 is 0 Å². The second-order valence-electron chi connectivity index (χ2n) is 4.19. The Labute approximate surface area is 85.9 Å². The maximum absolute atomic E-state index is 3.51. The minimum Gasteiger partial charge on any atom is -0.383 e. The Balaban J connectivity index is 2.14. The molecular formula is C12H18N2. The molecule has 1 N–H and O–H groups in total. The van der Waals surface area contributed by atoms with Gasteiger partial charge in [0, 0.05) is 18.3 Å². The van der Waals surface area contributed by atoms with E-state index in [1.54, 1.807) is 0 Å². The fourth-order valence-corrected chi connectivity index (χ4v) is 2.00. The lowest BCUT2D eigenvalue weighted by molar-refractivity contribution is 0.293. The molecule has 0 fully saturated rings. The van der Waals surface area contributed by atoms with E-state index in [1.165, 1.54) is 24.1 Å². The van der Waals surface area contributed by atoms with Crippen molar-refractivity contribution in [2.24, 2.45) is 0 Å². The van der Waals surface area contributed by atoms with Gasteiger partial charge in [0.25, 0.3) is 0 Å². The van der Waals surface area contributed by atoms with Gasteiger partial charge >= 0.3 is 0 Å². The van der Waals surface area contributed by atoms with E-state index >= 15 is 0 Å². The summed E-state index contributed by atoms with van der Waals surface area (Å²) < 4.78 is 0. The van der Waals surface area contributed by atoms with E-state index in [0.717, 1.165) is 6.54 Å². The van der Waals surface area contributed by atoms with Crippen molar-refractivity contribution < 1.29 is 0 Å². The molecule has 2 rings (SSSR count). The van der Waals surface area contributed by atoms with Gasteiger partial charge in [-0.1, -0.05) is 18.2 Å². The Morgan fingerprint density at radius 3 is 2.86 bits per heavy atom. The number of fused-ring (bicyclic) bond motifs is 1. The van der Waals surface area contributed by atoms with Crippen LogP contribution in [0.15, 0.2) is 24.3 Å². The summed E-state index contributed by atoms with van der Waals surface area (Å²) in [4.78, 5) is 2.30. The van der Waals surface area contributed by atoms with E-state index in [1.807, 2.05) is 0 Å². The van der Waals surface area contributed by atoms with Gasteiger partial charge in [-0.2, -0.15) is 0 Å². The van der Waals surface area contributed by atoms with Crippen molar-refractivity contribution in [1.82, 2.24) is 4.90 Å². The van der Waals surface area contributed by atoms with E-state index in [0.29, 0.717) is 6.04 Å². The van der Waals surface area contributed by atoms with E-state index in [-0.39, 0.29) is 0 Å². The molecule has 1 aromatic carbocycles. The monoisotopic (exact) mass is 190 g/mol. The van der Waals surface area contributed by atoms with Crippen LogP contribution in [0.1, 0.15) is 12.0 Å². The van der Waals surface area contributed by atoms with E-state index in [2.05, 4.69) is 48.6 Å². The smallest absolute Gasteiger partial charge is 0.0373 e. The Bertz CT molecular complexity index is 280. The van der Waals surface area contributed by atoms with Crippen LogP contribution in [-0.2, 0) is 6.42 Å². The zero-order chi connectivity index (χ0) is 9.97. The Hall–Kier alpha value is -1.02. The Kier molecular flexibility index (Phi) is 2.73. The summed E-state index contributed by atoms with van der Waals surface area (Å²) in [5.41, 5.74) is 2.77. The van der Waals surface area contributed by atoms with Crippen LogP contribution in [-0.4, -0.2) is 31.6 Å². The number of anilines is 1. The third kappa shape index (κ3) is 1.90. The number of aryl methyl sites for hydroxylation is 1. The largest absolute Gasteiger partial charge is 0.383 e. The molecule has 1 atom stereocenters. The van der Waals surface area contributed by atoms with Gasteiger partial charge in [-0.3, -0.25) is 0 Å².